The summed E-state index contributed by atoms with van der Waals surface area (Å²) >= 11 is 26.6. The van der Waals surface area contributed by atoms with Gasteiger partial charge in [0, 0.05) is 17.6 Å². The van der Waals surface area contributed by atoms with Gasteiger partial charge in [-0.1, -0.05) is 46.9 Å². The fourth-order valence-electron chi connectivity index (χ4n) is 2.04. The minimum atomic E-state index is -1.78. The maximum atomic E-state index is 12.4. The fourth-order valence-corrected chi connectivity index (χ4v) is 3.13. The summed E-state index contributed by atoms with van der Waals surface area (Å²) in [5.74, 6) is -0.393. The van der Waals surface area contributed by atoms with Crippen LogP contribution in [0.5, 0.6) is 0 Å². The molecule has 1 aromatic rings. The molecule has 132 valence electrons. The molecule has 24 heavy (non-hydrogen) atoms. The largest absolute Gasteiger partial charge is 0.378 e. The summed E-state index contributed by atoms with van der Waals surface area (Å²) in [4.78, 5) is 14.3. The average Bonchev–Trinajstić information content (AvgIpc) is 2.54. The molecule has 1 aliphatic rings. The number of nitrogens with one attached hydrogen (secondary N) is 2. The molecule has 1 heterocycles. The van der Waals surface area contributed by atoms with Gasteiger partial charge in [0.1, 0.15) is 6.17 Å². The minimum Gasteiger partial charge on any atom is -0.378 e. The van der Waals surface area contributed by atoms with Gasteiger partial charge in [-0.15, -0.1) is 0 Å². The van der Waals surface area contributed by atoms with Gasteiger partial charge in [0.15, 0.2) is 5.11 Å². The highest BCUT2D eigenvalue weighted by Gasteiger charge is 2.35. The Morgan fingerprint density at radius 3 is 2.46 bits per heavy atom. The zero-order valence-corrected chi connectivity index (χ0v) is 17.1. The quantitative estimate of drug-likeness (QED) is 0.400. The molecule has 1 fully saturated rings. The van der Waals surface area contributed by atoms with Gasteiger partial charge in [0.25, 0.3) is 5.91 Å². The van der Waals surface area contributed by atoms with Crippen LogP contribution in [0, 0.1) is 0 Å². The van der Waals surface area contributed by atoms with Crippen molar-refractivity contribution in [1.82, 2.24) is 15.5 Å². The van der Waals surface area contributed by atoms with E-state index in [4.69, 9.17) is 51.8 Å². The Hall–Kier alpha value is -0.310. The number of rotatable bonds is 3. The maximum Gasteiger partial charge on any atom is 0.254 e. The van der Waals surface area contributed by atoms with Crippen LogP contribution in [0.4, 0.5) is 0 Å². The molecule has 5 nitrogen and oxygen atoms in total. The normalized spacial score (nSPS) is 16.4. The van der Waals surface area contributed by atoms with Gasteiger partial charge in [-0.05, 0) is 40.3 Å². The van der Waals surface area contributed by atoms with E-state index >= 15 is 0 Å². The summed E-state index contributed by atoms with van der Waals surface area (Å²) in [7, 11) is 0. The first-order valence-electron chi connectivity index (χ1n) is 7.04. The van der Waals surface area contributed by atoms with Gasteiger partial charge >= 0.3 is 0 Å². The lowest BCUT2D eigenvalue weighted by atomic mass is 10.2. The van der Waals surface area contributed by atoms with E-state index in [0.29, 0.717) is 41.5 Å². The molecule has 1 atom stereocenters. The van der Waals surface area contributed by atoms with Gasteiger partial charge in [-0.3, -0.25) is 4.79 Å². The van der Waals surface area contributed by atoms with Crippen molar-refractivity contribution < 1.29 is 9.53 Å². The Morgan fingerprint density at radius 2 is 1.88 bits per heavy atom. The van der Waals surface area contributed by atoms with Crippen LogP contribution in [0.1, 0.15) is 10.4 Å². The van der Waals surface area contributed by atoms with Crippen LogP contribution < -0.4 is 10.6 Å². The molecule has 0 bridgehead atoms. The minimum absolute atomic E-state index is 0.391. The summed E-state index contributed by atoms with van der Waals surface area (Å²) in [5, 5.41) is 5.96. The van der Waals surface area contributed by atoms with Gasteiger partial charge in [0.2, 0.25) is 3.79 Å². The Labute approximate surface area is 169 Å². The van der Waals surface area contributed by atoms with Crippen LogP contribution in [0.2, 0.25) is 0 Å². The Bertz CT molecular complexity index is 609. The number of benzene rings is 1. The lowest BCUT2D eigenvalue weighted by Crippen LogP contribution is -2.59. The van der Waals surface area contributed by atoms with Crippen molar-refractivity contribution in [1.29, 1.82) is 0 Å². The van der Waals surface area contributed by atoms with Crippen molar-refractivity contribution in [2.24, 2.45) is 0 Å². The summed E-state index contributed by atoms with van der Waals surface area (Å²) in [6.07, 6.45) is -0.988. The van der Waals surface area contributed by atoms with Crippen molar-refractivity contribution in [2.75, 3.05) is 26.3 Å². The predicted octanol–water partition coefficient (Wildman–Crippen LogP) is 3.08. The number of morpholine rings is 1. The molecule has 2 rings (SSSR count). The Morgan fingerprint density at radius 1 is 1.25 bits per heavy atom. The summed E-state index contributed by atoms with van der Waals surface area (Å²) in [5.41, 5.74) is 0.427. The molecule has 1 aliphatic heterocycles. The molecule has 0 aromatic heterocycles. The third kappa shape index (κ3) is 5.61. The molecule has 0 spiro atoms. The lowest BCUT2D eigenvalue weighted by Gasteiger charge is -2.34. The predicted molar refractivity (Wildman–Crippen MR) is 104 cm³/mol. The molecule has 1 aromatic carbocycles. The number of hydrogen-bond acceptors (Lipinski definition) is 3. The molecule has 1 saturated heterocycles. The molecule has 1 unspecified atom stereocenters. The first-order valence-corrected chi connectivity index (χ1v) is 9.38. The second kappa shape index (κ2) is 8.87. The zero-order valence-electron chi connectivity index (χ0n) is 12.4. The first-order chi connectivity index (χ1) is 11.3. The van der Waals surface area contributed by atoms with Crippen molar-refractivity contribution >= 4 is 74.0 Å². The van der Waals surface area contributed by atoms with E-state index in [1.807, 2.05) is 4.90 Å². The van der Waals surface area contributed by atoms with Gasteiger partial charge in [0.05, 0.1) is 18.8 Å². The smallest absolute Gasteiger partial charge is 0.254 e. The average molecular weight is 476 g/mol. The van der Waals surface area contributed by atoms with Crippen molar-refractivity contribution in [3.8, 4) is 0 Å². The fraction of sp³-hybridized carbons (Fsp3) is 0.429. The number of carbonyl (C=O) groups excluding carboxylic acids is 1. The molecule has 0 aliphatic carbocycles. The number of nitrogens with zero attached hydrogens (tertiary/aromatic N) is 1. The van der Waals surface area contributed by atoms with Gasteiger partial charge in [-0.2, -0.15) is 0 Å². The topological polar surface area (TPSA) is 53.6 Å². The van der Waals surface area contributed by atoms with Crippen molar-refractivity contribution in [3.63, 3.8) is 0 Å². The Kier molecular flexibility index (Phi) is 7.39. The third-order valence-corrected chi connectivity index (χ3v) is 5.01. The number of halogens is 4. The SMILES string of the molecule is O=C(NC(NC(=S)N1CCOCC1)C(Cl)(Cl)Cl)c1ccccc1Br. The van der Waals surface area contributed by atoms with E-state index in [-0.39, 0.29) is 0 Å². The van der Waals surface area contributed by atoms with Crippen LogP contribution in [-0.4, -0.2) is 52.2 Å². The van der Waals surface area contributed by atoms with E-state index in [1.165, 1.54) is 0 Å². The standard InChI is InChI=1S/C14H15BrCl3N3O2S/c15-10-4-2-1-3-9(10)11(22)19-12(14(16,17)18)20-13(24)21-5-7-23-8-6-21/h1-4,12H,5-8H2,(H,19,22)(H,20,24). The van der Waals surface area contributed by atoms with Crippen LogP contribution in [-0.2, 0) is 4.74 Å². The molecule has 1 amide bonds. The number of hydrogen-bond donors (Lipinski definition) is 2. The molecule has 0 saturated carbocycles. The van der Waals surface area contributed by atoms with Crippen LogP contribution in [0.3, 0.4) is 0 Å². The molecule has 10 heteroatoms. The monoisotopic (exact) mass is 473 g/mol. The van der Waals surface area contributed by atoms with Crippen molar-refractivity contribution in [2.45, 2.75) is 9.96 Å². The highest BCUT2D eigenvalue weighted by molar-refractivity contribution is 9.10. The summed E-state index contributed by atoms with van der Waals surface area (Å²) in [6, 6.07) is 6.97. The van der Waals surface area contributed by atoms with Crippen LogP contribution in [0.25, 0.3) is 0 Å². The third-order valence-electron chi connectivity index (χ3n) is 3.29. The van der Waals surface area contributed by atoms with Crippen LogP contribution >= 0.6 is 63.0 Å². The highest BCUT2D eigenvalue weighted by atomic mass is 79.9. The maximum absolute atomic E-state index is 12.4. The number of alkyl halides is 3. The number of ether oxygens (including phenoxy) is 1. The molecular formula is C14H15BrCl3N3O2S. The number of amides is 1. The molecule has 2 N–H and O–H groups in total. The van der Waals surface area contributed by atoms with E-state index < -0.39 is 15.9 Å². The molecule has 0 radical (unpaired) electrons. The highest BCUT2D eigenvalue weighted by Crippen LogP contribution is 2.29. The van der Waals surface area contributed by atoms with E-state index in [0.717, 1.165) is 0 Å². The van der Waals surface area contributed by atoms with Gasteiger partial charge < -0.3 is 20.3 Å². The van der Waals surface area contributed by atoms with Crippen LogP contribution in [0.15, 0.2) is 28.7 Å². The first kappa shape index (κ1) is 20.0. The van der Waals surface area contributed by atoms with Crippen molar-refractivity contribution in [3.05, 3.63) is 34.3 Å². The van der Waals surface area contributed by atoms with E-state index in [2.05, 4.69) is 26.6 Å². The number of thiocarbonyl (C=S) groups is 1. The Balaban J connectivity index is 2.07. The second-order valence-electron chi connectivity index (χ2n) is 4.98. The lowest BCUT2D eigenvalue weighted by molar-refractivity contribution is 0.0671. The number of carbonyl (C=O) groups is 1. The summed E-state index contributed by atoms with van der Waals surface area (Å²) in [6.45, 7) is 2.42. The van der Waals surface area contributed by atoms with E-state index in [1.54, 1.807) is 24.3 Å². The molecular weight excluding hydrogens is 461 g/mol. The van der Waals surface area contributed by atoms with E-state index in [9.17, 15) is 4.79 Å². The summed E-state index contributed by atoms with van der Waals surface area (Å²) < 4.78 is 4.13. The second-order valence-corrected chi connectivity index (χ2v) is 8.59. The zero-order chi connectivity index (χ0) is 17.7. The van der Waals surface area contributed by atoms with Gasteiger partial charge in [-0.25, -0.2) is 0 Å².